The molecule has 0 spiro atoms. The number of nitrogens with one attached hydrogen (secondary N) is 1. The number of hydrogen-bond acceptors (Lipinski definition) is 5. The van der Waals surface area contributed by atoms with E-state index >= 15 is 0 Å². The largest absolute Gasteiger partial charge is 0.468 e. The third-order valence-corrected chi connectivity index (χ3v) is 4.05. The van der Waals surface area contributed by atoms with Gasteiger partial charge in [0.15, 0.2) is 0 Å². The Morgan fingerprint density at radius 1 is 1.21 bits per heavy atom. The van der Waals surface area contributed by atoms with E-state index in [4.69, 9.17) is 4.42 Å². The fourth-order valence-electron chi connectivity index (χ4n) is 2.88. The SMILES string of the molecule is Cc1cc(C)nc(CNC(=O)N2CCN(Cc3ccco3)CC2)n1. The molecule has 7 nitrogen and oxygen atoms in total. The molecule has 1 N–H and O–H groups in total. The normalized spacial score (nSPS) is 15.5. The Hall–Kier alpha value is -2.41. The minimum absolute atomic E-state index is 0.0598. The minimum Gasteiger partial charge on any atom is -0.468 e. The molecule has 128 valence electrons. The predicted octanol–water partition coefficient (Wildman–Crippen LogP) is 1.71. The number of rotatable bonds is 4. The highest BCUT2D eigenvalue weighted by molar-refractivity contribution is 5.74. The Labute approximate surface area is 141 Å². The van der Waals surface area contributed by atoms with Gasteiger partial charge in [-0.2, -0.15) is 0 Å². The molecule has 1 aliphatic rings. The van der Waals surface area contributed by atoms with Crippen LogP contribution in [0, 0.1) is 13.8 Å². The number of amides is 2. The fourth-order valence-corrected chi connectivity index (χ4v) is 2.88. The third kappa shape index (κ3) is 4.32. The Kier molecular flexibility index (Phi) is 5.10. The zero-order valence-corrected chi connectivity index (χ0v) is 14.2. The van der Waals surface area contributed by atoms with Crippen LogP contribution >= 0.6 is 0 Å². The van der Waals surface area contributed by atoms with Crippen LogP contribution < -0.4 is 5.32 Å². The fraction of sp³-hybridized carbons (Fsp3) is 0.471. The molecule has 3 heterocycles. The van der Waals surface area contributed by atoms with E-state index in [-0.39, 0.29) is 6.03 Å². The van der Waals surface area contributed by atoms with E-state index in [9.17, 15) is 4.79 Å². The number of furan rings is 1. The van der Waals surface area contributed by atoms with Gasteiger partial charge in [-0.15, -0.1) is 0 Å². The summed E-state index contributed by atoms with van der Waals surface area (Å²) in [5.74, 6) is 1.61. The van der Waals surface area contributed by atoms with Crippen LogP contribution in [-0.2, 0) is 13.1 Å². The third-order valence-electron chi connectivity index (χ3n) is 4.05. The first-order valence-electron chi connectivity index (χ1n) is 8.19. The van der Waals surface area contributed by atoms with Crippen molar-refractivity contribution < 1.29 is 9.21 Å². The van der Waals surface area contributed by atoms with E-state index in [0.717, 1.165) is 36.8 Å². The first-order chi connectivity index (χ1) is 11.6. The van der Waals surface area contributed by atoms with Gasteiger partial charge in [-0.1, -0.05) is 0 Å². The first kappa shape index (κ1) is 16.4. The molecule has 0 aliphatic carbocycles. The van der Waals surface area contributed by atoms with Crippen molar-refractivity contribution >= 4 is 6.03 Å². The maximum atomic E-state index is 12.3. The summed E-state index contributed by atoms with van der Waals surface area (Å²) in [7, 11) is 0. The number of nitrogens with zero attached hydrogens (tertiary/aromatic N) is 4. The summed E-state index contributed by atoms with van der Waals surface area (Å²) < 4.78 is 5.37. The lowest BCUT2D eigenvalue weighted by molar-refractivity contribution is 0.130. The van der Waals surface area contributed by atoms with Crippen molar-refractivity contribution in [3.8, 4) is 0 Å². The van der Waals surface area contributed by atoms with E-state index in [1.807, 2.05) is 36.9 Å². The summed E-state index contributed by atoms with van der Waals surface area (Å²) in [5.41, 5.74) is 1.83. The second-order valence-corrected chi connectivity index (χ2v) is 6.07. The molecule has 24 heavy (non-hydrogen) atoms. The maximum absolute atomic E-state index is 12.3. The van der Waals surface area contributed by atoms with Gasteiger partial charge in [-0.05, 0) is 32.0 Å². The zero-order chi connectivity index (χ0) is 16.9. The molecular formula is C17H23N5O2. The second-order valence-electron chi connectivity index (χ2n) is 6.07. The standard InChI is InChI=1S/C17H23N5O2/c1-13-10-14(2)20-16(19-13)11-18-17(23)22-7-5-21(6-8-22)12-15-4-3-9-24-15/h3-4,9-10H,5-8,11-12H2,1-2H3,(H,18,23). The quantitative estimate of drug-likeness (QED) is 0.924. The van der Waals surface area contributed by atoms with Crippen molar-refractivity contribution in [3.63, 3.8) is 0 Å². The van der Waals surface area contributed by atoms with E-state index in [1.165, 1.54) is 0 Å². The van der Waals surface area contributed by atoms with E-state index in [1.54, 1.807) is 6.26 Å². The van der Waals surface area contributed by atoms with Gasteiger partial charge in [0.25, 0.3) is 0 Å². The molecule has 2 aromatic heterocycles. The Bertz CT molecular complexity index is 658. The second kappa shape index (κ2) is 7.44. The highest BCUT2D eigenvalue weighted by Crippen LogP contribution is 2.09. The van der Waals surface area contributed by atoms with Crippen molar-refractivity contribution in [1.82, 2.24) is 25.1 Å². The summed E-state index contributed by atoms with van der Waals surface area (Å²) in [6.07, 6.45) is 1.69. The molecule has 1 saturated heterocycles. The minimum atomic E-state index is -0.0598. The molecule has 0 atom stereocenters. The van der Waals surface area contributed by atoms with Crippen LogP contribution in [0.25, 0.3) is 0 Å². The van der Waals surface area contributed by atoms with Gasteiger partial charge in [0.05, 0.1) is 19.4 Å². The zero-order valence-electron chi connectivity index (χ0n) is 14.2. The van der Waals surface area contributed by atoms with Gasteiger partial charge in [-0.25, -0.2) is 14.8 Å². The number of aromatic nitrogens is 2. The summed E-state index contributed by atoms with van der Waals surface area (Å²) >= 11 is 0. The van der Waals surface area contributed by atoms with E-state index < -0.39 is 0 Å². The maximum Gasteiger partial charge on any atom is 0.317 e. The smallest absolute Gasteiger partial charge is 0.317 e. The van der Waals surface area contributed by atoms with Crippen LogP contribution in [-0.4, -0.2) is 52.0 Å². The van der Waals surface area contributed by atoms with Crippen LogP contribution in [0.2, 0.25) is 0 Å². The number of hydrogen-bond donors (Lipinski definition) is 1. The first-order valence-corrected chi connectivity index (χ1v) is 8.19. The Morgan fingerprint density at radius 3 is 2.54 bits per heavy atom. The van der Waals surface area contributed by atoms with Crippen molar-refractivity contribution in [2.75, 3.05) is 26.2 Å². The molecule has 1 fully saturated rings. The predicted molar refractivity (Wildman–Crippen MR) is 89.3 cm³/mol. The lowest BCUT2D eigenvalue weighted by Gasteiger charge is -2.34. The van der Waals surface area contributed by atoms with Crippen LogP contribution in [0.15, 0.2) is 28.9 Å². The van der Waals surface area contributed by atoms with Gasteiger partial charge in [0.2, 0.25) is 0 Å². The van der Waals surface area contributed by atoms with Gasteiger partial charge in [0, 0.05) is 37.6 Å². The van der Waals surface area contributed by atoms with Crippen molar-refractivity contribution in [3.05, 3.63) is 47.4 Å². The van der Waals surface area contributed by atoms with Crippen molar-refractivity contribution in [1.29, 1.82) is 0 Å². The molecule has 0 aromatic carbocycles. The summed E-state index contributed by atoms with van der Waals surface area (Å²) in [5, 5.41) is 2.91. The number of aryl methyl sites for hydroxylation is 2. The lowest BCUT2D eigenvalue weighted by atomic mass is 10.3. The number of piperazine rings is 1. The van der Waals surface area contributed by atoms with Crippen LogP contribution in [0.5, 0.6) is 0 Å². The van der Waals surface area contributed by atoms with E-state index in [2.05, 4.69) is 20.2 Å². The number of carbonyl (C=O) groups is 1. The molecule has 7 heteroatoms. The molecule has 0 bridgehead atoms. The van der Waals surface area contributed by atoms with Crippen molar-refractivity contribution in [2.45, 2.75) is 26.9 Å². The summed E-state index contributed by atoms with van der Waals surface area (Å²) in [6, 6.07) is 5.73. The molecule has 2 amide bonds. The number of urea groups is 1. The molecule has 2 aromatic rings. The molecule has 3 rings (SSSR count). The van der Waals surface area contributed by atoms with Gasteiger partial charge in [-0.3, -0.25) is 4.90 Å². The Balaban J connectivity index is 1.45. The van der Waals surface area contributed by atoms with Gasteiger partial charge in [0.1, 0.15) is 11.6 Å². The molecular weight excluding hydrogens is 306 g/mol. The Morgan fingerprint density at radius 2 is 1.92 bits per heavy atom. The van der Waals surface area contributed by atoms with Crippen LogP contribution in [0.4, 0.5) is 4.79 Å². The average Bonchev–Trinajstić information content (AvgIpc) is 3.05. The average molecular weight is 329 g/mol. The van der Waals surface area contributed by atoms with E-state index in [0.29, 0.717) is 25.5 Å². The summed E-state index contributed by atoms with van der Waals surface area (Å²) in [4.78, 5) is 25.1. The topological polar surface area (TPSA) is 74.5 Å². The monoisotopic (exact) mass is 329 g/mol. The van der Waals surface area contributed by atoms with Crippen molar-refractivity contribution in [2.24, 2.45) is 0 Å². The molecule has 0 radical (unpaired) electrons. The molecule has 0 unspecified atom stereocenters. The van der Waals surface area contributed by atoms with Gasteiger partial charge < -0.3 is 14.6 Å². The molecule has 0 saturated carbocycles. The van der Waals surface area contributed by atoms with Gasteiger partial charge >= 0.3 is 6.03 Å². The number of carbonyl (C=O) groups excluding carboxylic acids is 1. The van der Waals surface area contributed by atoms with Crippen LogP contribution in [0.3, 0.4) is 0 Å². The highest BCUT2D eigenvalue weighted by atomic mass is 16.3. The highest BCUT2D eigenvalue weighted by Gasteiger charge is 2.21. The summed E-state index contributed by atoms with van der Waals surface area (Å²) in [6.45, 7) is 8.10. The van der Waals surface area contributed by atoms with Crippen LogP contribution in [0.1, 0.15) is 23.0 Å². The lowest BCUT2D eigenvalue weighted by Crippen LogP contribution is -2.51. The molecule has 1 aliphatic heterocycles.